The standard InChI is InChI=1S/C17H25N3O2/c21-12-14-8-9-20(10-13-4-2-1-3-5-13)11-16(14)19-17(22)18-15-6-7-15/h1-5,14-16,21H,6-12H2,(H2,18,19,22)/t14-,16+/m1/s1. The molecule has 120 valence electrons. The minimum Gasteiger partial charge on any atom is -0.396 e. The van der Waals surface area contributed by atoms with E-state index >= 15 is 0 Å². The molecular weight excluding hydrogens is 278 g/mol. The summed E-state index contributed by atoms with van der Waals surface area (Å²) in [4.78, 5) is 14.3. The van der Waals surface area contributed by atoms with Crippen LogP contribution in [0.4, 0.5) is 4.79 Å². The van der Waals surface area contributed by atoms with Crippen LogP contribution in [-0.4, -0.2) is 47.8 Å². The number of hydrogen-bond donors (Lipinski definition) is 3. The van der Waals surface area contributed by atoms with Gasteiger partial charge in [-0.3, -0.25) is 4.90 Å². The average Bonchev–Trinajstić information content (AvgIpc) is 3.32. The third kappa shape index (κ3) is 4.21. The summed E-state index contributed by atoms with van der Waals surface area (Å²) in [5.74, 6) is 0.150. The van der Waals surface area contributed by atoms with E-state index in [1.54, 1.807) is 0 Å². The normalized spacial score (nSPS) is 25.7. The van der Waals surface area contributed by atoms with Gasteiger partial charge in [-0.1, -0.05) is 30.3 Å². The Kier molecular flexibility index (Phi) is 4.95. The molecule has 0 unspecified atom stereocenters. The fourth-order valence-corrected chi connectivity index (χ4v) is 3.06. The van der Waals surface area contributed by atoms with E-state index < -0.39 is 0 Å². The number of likely N-dealkylation sites (tertiary alicyclic amines) is 1. The zero-order chi connectivity index (χ0) is 15.4. The Bertz CT molecular complexity index is 490. The predicted molar refractivity (Wildman–Crippen MR) is 85.4 cm³/mol. The molecule has 0 spiro atoms. The summed E-state index contributed by atoms with van der Waals surface area (Å²) in [6, 6.07) is 10.7. The fourth-order valence-electron chi connectivity index (χ4n) is 3.06. The molecule has 22 heavy (non-hydrogen) atoms. The molecule has 5 nitrogen and oxygen atoms in total. The van der Waals surface area contributed by atoms with Gasteiger partial charge in [0.15, 0.2) is 0 Å². The number of piperidine rings is 1. The first-order valence-electron chi connectivity index (χ1n) is 8.19. The van der Waals surface area contributed by atoms with Gasteiger partial charge in [-0.25, -0.2) is 4.79 Å². The van der Waals surface area contributed by atoms with Gasteiger partial charge in [0, 0.05) is 37.7 Å². The van der Waals surface area contributed by atoms with E-state index in [9.17, 15) is 9.90 Å². The van der Waals surface area contributed by atoms with Crippen LogP contribution in [0.25, 0.3) is 0 Å². The van der Waals surface area contributed by atoms with Crippen LogP contribution in [0.3, 0.4) is 0 Å². The molecule has 2 amide bonds. The van der Waals surface area contributed by atoms with Gasteiger partial charge in [-0.15, -0.1) is 0 Å². The third-order valence-electron chi connectivity index (χ3n) is 4.55. The van der Waals surface area contributed by atoms with Crippen molar-refractivity contribution < 1.29 is 9.90 Å². The van der Waals surface area contributed by atoms with Crippen LogP contribution in [0, 0.1) is 5.92 Å². The van der Waals surface area contributed by atoms with E-state index in [4.69, 9.17) is 0 Å². The zero-order valence-corrected chi connectivity index (χ0v) is 12.9. The van der Waals surface area contributed by atoms with Crippen molar-refractivity contribution in [2.75, 3.05) is 19.7 Å². The van der Waals surface area contributed by atoms with E-state index in [1.807, 2.05) is 6.07 Å². The van der Waals surface area contributed by atoms with Crippen LogP contribution in [0.1, 0.15) is 24.8 Å². The van der Waals surface area contributed by atoms with Gasteiger partial charge in [-0.2, -0.15) is 0 Å². The van der Waals surface area contributed by atoms with E-state index in [1.165, 1.54) is 5.56 Å². The van der Waals surface area contributed by atoms with Crippen LogP contribution in [0.5, 0.6) is 0 Å². The first-order chi connectivity index (χ1) is 10.7. The first-order valence-corrected chi connectivity index (χ1v) is 8.19. The highest BCUT2D eigenvalue weighted by molar-refractivity contribution is 5.75. The maximum Gasteiger partial charge on any atom is 0.315 e. The second-order valence-electron chi connectivity index (χ2n) is 6.45. The molecule has 5 heteroatoms. The lowest BCUT2D eigenvalue weighted by molar-refractivity contribution is 0.0947. The number of urea groups is 1. The van der Waals surface area contributed by atoms with E-state index in [0.29, 0.717) is 6.04 Å². The molecule has 0 bridgehead atoms. The number of carbonyl (C=O) groups is 1. The van der Waals surface area contributed by atoms with Gasteiger partial charge >= 0.3 is 6.03 Å². The van der Waals surface area contributed by atoms with Crippen molar-refractivity contribution in [3.05, 3.63) is 35.9 Å². The van der Waals surface area contributed by atoms with Crippen LogP contribution < -0.4 is 10.6 Å². The molecule has 1 aromatic carbocycles. The molecule has 1 aromatic rings. The topological polar surface area (TPSA) is 64.6 Å². The lowest BCUT2D eigenvalue weighted by Gasteiger charge is -2.38. The lowest BCUT2D eigenvalue weighted by Crippen LogP contribution is -2.55. The minimum absolute atomic E-state index is 0.0150. The first kappa shape index (κ1) is 15.3. The molecule has 0 radical (unpaired) electrons. The molecule has 2 fully saturated rings. The van der Waals surface area contributed by atoms with Crippen molar-refractivity contribution in [3.63, 3.8) is 0 Å². The second-order valence-corrected chi connectivity index (χ2v) is 6.45. The fraction of sp³-hybridized carbons (Fsp3) is 0.588. The molecule has 2 atom stereocenters. The van der Waals surface area contributed by atoms with Crippen molar-refractivity contribution in [1.82, 2.24) is 15.5 Å². The number of hydrogen-bond acceptors (Lipinski definition) is 3. The average molecular weight is 303 g/mol. The highest BCUT2D eigenvalue weighted by Gasteiger charge is 2.31. The Morgan fingerprint density at radius 1 is 1.18 bits per heavy atom. The van der Waals surface area contributed by atoms with Crippen LogP contribution in [-0.2, 0) is 6.54 Å². The Balaban J connectivity index is 1.55. The van der Waals surface area contributed by atoms with E-state index in [-0.39, 0.29) is 24.6 Å². The molecule has 3 N–H and O–H groups in total. The number of aliphatic hydroxyl groups is 1. The monoisotopic (exact) mass is 303 g/mol. The van der Waals surface area contributed by atoms with E-state index in [0.717, 1.165) is 38.9 Å². The Hall–Kier alpha value is -1.59. The third-order valence-corrected chi connectivity index (χ3v) is 4.55. The second kappa shape index (κ2) is 7.11. The number of rotatable bonds is 5. The van der Waals surface area contributed by atoms with Gasteiger partial charge in [0.2, 0.25) is 0 Å². The molecule has 1 aliphatic carbocycles. The highest BCUT2D eigenvalue weighted by atomic mass is 16.3. The summed E-state index contributed by atoms with van der Waals surface area (Å²) in [5, 5.41) is 15.6. The summed E-state index contributed by atoms with van der Waals surface area (Å²) in [7, 11) is 0. The number of amides is 2. The molecule has 1 saturated heterocycles. The van der Waals surface area contributed by atoms with Crippen molar-refractivity contribution in [2.45, 2.75) is 37.9 Å². The largest absolute Gasteiger partial charge is 0.396 e. The zero-order valence-electron chi connectivity index (χ0n) is 12.9. The smallest absolute Gasteiger partial charge is 0.315 e. The number of benzene rings is 1. The number of nitrogens with zero attached hydrogens (tertiary/aromatic N) is 1. The molecular formula is C17H25N3O2. The summed E-state index contributed by atoms with van der Waals surface area (Å²) in [6.45, 7) is 2.77. The van der Waals surface area contributed by atoms with Gasteiger partial charge < -0.3 is 15.7 Å². The molecule has 1 aliphatic heterocycles. The summed E-state index contributed by atoms with van der Waals surface area (Å²) >= 11 is 0. The van der Waals surface area contributed by atoms with E-state index in [2.05, 4.69) is 39.8 Å². The quantitative estimate of drug-likeness (QED) is 0.769. The molecule has 1 heterocycles. The molecule has 3 rings (SSSR count). The predicted octanol–water partition coefficient (Wildman–Crippen LogP) is 1.33. The Morgan fingerprint density at radius 2 is 1.95 bits per heavy atom. The van der Waals surface area contributed by atoms with Gasteiger partial charge in [0.25, 0.3) is 0 Å². The minimum atomic E-state index is -0.0903. The Labute approximate surface area is 131 Å². The van der Waals surface area contributed by atoms with Gasteiger partial charge in [0.1, 0.15) is 0 Å². The molecule has 0 aromatic heterocycles. The molecule has 2 aliphatic rings. The maximum absolute atomic E-state index is 12.0. The van der Waals surface area contributed by atoms with Gasteiger partial charge in [-0.05, 0) is 31.4 Å². The SMILES string of the molecule is O=C(NC1CC1)N[C@H]1CN(Cc2ccccc2)CC[C@@H]1CO. The number of nitrogens with one attached hydrogen (secondary N) is 2. The summed E-state index contributed by atoms with van der Waals surface area (Å²) in [5.41, 5.74) is 1.28. The van der Waals surface area contributed by atoms with Crippen LogP contribution in [0.15, 0.2) is 30.3 Å². The highest BCUT2D eigenvalue weighted by Crippen LogP contribution is 2.21. The van der Waals surface area contributed by atoms with Crippen LogP contribution in [0.2, 0.25) is 0 Å². The van der Waals surface area contributed by atoms with Crippen molar-refractivity contribution >= 4 is 6.03 Å². The van der Waals surface area contributed by atoms with Gasteiger partial charge in [0.05, 0.1) is 0 Å². The number of carbonyl (C=O) groups excluding carboxylic acids is 1. The Morgan fingerprint density at radius 3 is 2.64 bits per heavy atom. The molecule has 1 saturated carbocycles. The summed E-state index contributed by atoms with van der Waals surface area (Å²) < 4.78 is 0. The maximum atomic E-state index is 12.0. The lowest BCUT2D eigenvalue weighted by atomic mass is 9.92. The van der Waals surface area contributed by atoms with Crippen molar-refractivity contribution in [3.8, 4) is 0 Å². The number of aliphatic hydroxyl groups excluding tert-OH is 1. The summed E-state index contributed by atoms with van der Waals surface area (Å²) in [6.07, 6.45) is 3.08. The van der Waals surface area contributed by atoms with Crippen LogP contribution >= 0.6 is 0 Å². The van der Waals surface area contributed by atoms with Crippen molar-refractivity contribution in [1.29, 1.82) is 0 Å². The van der Waals surface area contributed by atoms with Crippen molar-refractivity contribution in [2.24, 2.45) is 5.92 Å².